The lowest BCUT2D eigenvalue weighted by atomic mass is 10.1. The summed E-state index contributed by atoms with van der Waals surface area (Å²) in [4.78, 5) is 14.8. The van der Waals surface area contributed by atoms with Crippen molar-refractivity contribution in [2.24, 2.45) is 0 Å². The molecule has 1 saturated heterocycles. The number of hydrogen-bond donors (Lipinski definition) is 1. The minimum absolute atomic E-state index is 0.0643. The quantitative estimate of drug-likeness (QED) is 0.854. The van der Waals surface area contributed by atoms with Crippen LogP contribution < -0.4 is 0 Å². The molecule has 1 aromatic rings. The lowest BCUT2D eigenvalue weighted by molar-refractivity contribution is 0.0356. The van der Waals surface area contributed by atoms with E-state index in [1.54, 1.807) is 25.5 Å². The minimum atomic E-state index is -2.55. The van der Waals surface area contributed by atoms with Crippen molar-refractivity contribution in [1.82, 2.24) is 9.80 Å². The summed E-state index contributed by atoms with van der Waals surface area (Å²) in [6.07, 6.45) is -0.932. The molecule has 0 radical (unpaired) electrons. The zero-order chi connectivity index (χ0) is 17.4. The maximum Gasteiger partial charge on any atom is 0.407 e. The first-order chi connectivity index (χ1) is 10.6. The number of carboxylic acid groups (broad SMARTS) is 1. The van der Waals surface area contributed by atoms with Gasteiger partial charge >= 0.3 is 6.09 Å². The number of halogens is 1. The molecule has 128 valence electrons. The Bertz CT molecular complexity index is 616. The molecule has 1 heterocycles. The highest BCUT2D eigenvalue weighted by Gasteiger charge is 2.40. The maximum absolute atomic E-state index is 13.2. The van der Waals surface area contributed by atoms with Gasteiger partial charge in [-0.25, -0.2) is 9.18 Å². The molecule has 23 heavy (non-hydrogen) atoms. The average molecular weight is 342 g/mol. The predicted molar refractivity (Wildman–Crippen MR) is 89.0 cm³/mol. The van der Waals surface area contributed by atoms with Crippen LogP contribution in [-0.4, -0.2) is 59.5 Å². The Balaban J connectivity index is 2.35. The van der Waals surface area contributed by atoms with Gasteiger partial charge in [0.25, 0.3) is 0 Å². The highest BCUT2D eigenvalue weighted by atomic mass is 31.2. The van der Waals surface area contributed by atoms with Gasteiger partial charge in [0.2, 0.25) is 0 Å². The lowest BCUT2D eigenvalue weighted by Gasteiger charge is -2.47. The van der Waals surface area contributed by atoms with E-state index in [1.165, 1.54) is 17.0 Å². The molecule has 0 saturated carbocycles. The highest BCUT2D eigenvalue weighted by Crippen LogP contribution is 2.55. The van der Waals surface area contributed by atoms with Crippen molar-refractivity contribution >= 4 is 13.2 Å². The van der Waals surface area contributed by atoms with Crippen molar-refractivity contribution < 1.29 is 18.9 Å². The van der Waals surface area contributed by atoms with Gasteiger partial charge in [-0.3, -0.25) is 4.90 Å². The molecule has 1 aromatic carbocycles. The second-order valence-corrected chi connectivity index (χ2v) is 10.0. The Morgan fingerprint density at radius 1 is 1.22 bits per heavy atom. The van der Waals surface area contributed by atoms with Crippen molar-refractivity contribution in [1.29, 1.82) is 0 Å². The number of benzene rings is 1. The number of amides is 1. The van der Waals surface area contributed by atoms with Gasteiger partial charge in [0.1, 0.15) is 13.0 Å². The van der Waals surface area contributed by atoms with Crippen LogP contribution in [0.25, 0.3) is 0 Å². The topological polar surface area (TPSA) is 60.9 Å². The molecule has 0 bridgehead atoms. The van der Waals surface area contributed by atoms with Crippen molar-refractivity contribution in [2.75, 3.05) is 26.4 Å². The van der Waals surface area contributed by atoms with Crippen LogP contribution in [0.2, 0.25) is 0 Å². The van der Waals surface area contributed by atoms with Gasteiger partial charge in [-0.05, 0) is 44.9 Å². The minimum Gasteiger partial charge on any atom is -0.465 e. The molecule has 1 unspecified atom stereocenters. The fraction of sp³-hybridized carbons (Fsp3) is 0.562. The van der Waals surface area contributed by atoms with Crippen molar-refractivity contribution in [3.63, 3.8) is 0 Å². The zero-order valence-electron chi connectivity index (χ0n) is 13.9. The second-order valence-electron chi connectivity index (χ2n) is 6.69. The Hall–Kier alpha value is -1.39. The third-order valence-electron chi connectivity index (χ3n) is 4.35. The summed E-state index contributed by atoms with van der Waals surface area (Å²) in [6, 6.07) is 5.84. The molecule has 1 amide bonds. The van der Waals surface area contributed by atoms with E-state index in [9.17, 15) is 18.9 Å². The summed E-state index contributed by atoms with van der Waals surface area (Å²) >= 11 is 0. The Morgan fingerprint density at radius 3 is 2.26 bits per heavy atom. The van der Waals surface area contributed by atoms with E-state index in [4.69, 9.17) is 0 Å². The summed E-state index contributed by atoms with van der Waals surface area (Å²) in [7, 11) is -2.55. The van der Waals surface area contributed by atoms with Crippen molar-refractivity contribution in [2.45, 2.75) is 31.7 Å². The number of hydrogen-bond acceptors (Lipinski definition) is 3. The van der Waals surface area contributed by atoms with Crippen LogP contribution in [0.3, 0.4) is 0 Å². The fourth-order valence-electron chi connectivity index (χ4n) is 3.30. The maximum atomic E-state index is 13.2. The van der Waals surface area contributed by atoms with Crippen LogP contribution in [0.5, 0.6) is 0 Å². The molecule has 1 aliphatic heterocycles. The van der Waals surface area contributed by atoms with Crippen molar-refractivity contribution in [3.05, 3.63) is 35.6 Å². The van der Waals surface area contributed by atoms with Gasteiger partial charge in [0.15, 0.2) is 0 Å². The largest absolute Gasteiger partial charge is 0.465 e. The van der Waals surface area contributed by atoms with E-state index >= 15 is 0 Å². The zero-order valence-corrected chi connectivity index (χ0v) is 14.8. The third kappa shape index (κ3) is 3.93. The van der Waals surface area contributed by atoms with Gasteiger partial charge in [0.05, 0.1) is 5.78 Å². The fourth-order valence-corrected chi connectivity index (χ4v) is 5.23. The van der Waals surface area contributed by atoms with Gasteiger partial charge in [-0.15, -0.1) is 0 Å². The highest BCUT2D eigenvalue weighted by molar-refractivity contribution is 7.62. The summed E-state index contributed by atoms with van der Waals surface area (Å²) < 4.78 is 26.1. The van der Waals surface area contributed by atoms with Crippen LogP contribution in [-0.2, 0) is 4.57 Å². The number of piperazine rings is 1. The predicted octanol–water partition coefficient (Wildman–Crippen LogP) is 3.52. The van der Waals surface area contributed by atoms with Crippen LogP contribution in [0.15, 0.2) is 24.3 Å². The molecule has 1 fully saturated rings. The van der Waals surface area contributed by atoms with E-state index in [0.717, 1.165) is 5.56 Å². The lowest BCUT2D eigenvalue weighted by Crippen LogP contribution is -2.58. The van der Waals surface area contributed by atoms with Gasteiger partial charge < -0.3 is 14.6 Å². The molecule has 0 aliphatic carbocycles. The SMILES string of the molecule is C[C@@H]1CN(C(=O)O)[C@@H](C)CN1C(c1ccc(F)cc1)P(C)(C)=O. The summed E-state index contributed by atoms with van der Waals surface area (Å²) in [5.41, 5.74) is 0.808. The van der Waals surface area contributed by atoms with Gasteiger partial charge in [0, 0.05) is 25.2 Å². The van der Waals surface area contributed by atoms with E-state index in [0.29, 0.717) is 13.1 Å². The first kappa shape index (κ1) is 18.0. The standard InChI is InChI=1S/C16H24FN2O3P/c1-11-10-19(16(20)21)12(2)9-18(11)15(23(3,4)22)13-5-7-14(17)8-6-13/h5-8,11-12,15H,9-10H2,1-4H3,(H,20,21)/t11-,12+,15?/m1/s1. The molecule has 7 heteroatoms. The monoisotopic (exact) mass is 342 g/mol. The van der Waals surface area contributed by atoms with Crippen LogP contribution in [0, 0.1) is 5.82 Å². The van der Waals surface area contributed by atoms with Gasteiger partial charge in [-0.1, -0.05) is 12.1 Å². The molecular formula is C16H24FN2O3P. The number of rotatable bonds is 3. The Kier molecular flexibility index (Phi) is 5.17. The van der Waals surface area contributed by atoms with Crippen LogP contribution >= 0.6 is 7.14 Å². The molecule has 0 spiro atoms. The number of carbonyl (C=O) groups is 1. The molecule has 5 nitrogen and oxygen atoms in total. The summed E-state index contributed by atoms with van der Waals surface area (Å²) in [6.45, 7) is 8.11. The molecule has 1 aliphatic rings. The van der Waals surface area contributed by atoms with Gasteiger partial charge in [-0.2, -0.15) is 0 Å². The van der Waals surface area contributed by atoms with Crippen molar-refractivity contribution in [3.8, 4) is 0 Å². The Labute approximate surface area is 136 Å². The van der Waals surface area contributed by atoms with Crippen LogP contribution in [0.4, 0.5) is 9.18 Å². The molecular weight excluding hydrogens is 318 g/mol. The smallest absolute Gasteiger partial charge is 0.407 e. The summed E-state index contributed by atoms with van der Waals surface area (Å²) in [5.74, 6) is -0.664. The van der Waals surface area contributed by atoms with E-state index < -0.39 is 13.2 Å². The summed E-state index contributed by atoms with van der Waals surface area (Å²) in [5, 5.41) is 9.27. The normalized spacial score (nSPS) is 24.5. The molecule has 3 atom stereocenters. The second kappa shape index (κ2) is 6.62. The first-order valence-corrected chi connectivity index (χ1v) is 10.3. The molecule has 1 N–H and O–H groups in total. The van der Waals surface area contributed by atoms with E-state index in [1.807, 2.05) is 13.8 Å². The van der Waals surface area contributed by atoms with E-state index in [-0.39, 0.29) is 23.7 Å². The van der Waals surface area contributed by atoms with E-state index in [2.05, 4.69) is 4.90 Å². The first-order valence-electron chi connectivity index (χ1n) is 7.66. The van der Waals surface area contributed by atoms with Crippen LogP contribution in [0.1, 0.15) is 25.2 Å². The molecule has 2 rings (SSSR count). The third-order valence-corrected chi connectivity index (χ3v) is 6.12. The Morgan fingerprint density at radius 2 is 1.78 bits per heavy atom. The number of nitrogens with zero attached hydrogens (tertiary/aromatic N) is 2. The molecule has 0 aromatic heterocycles. The average Bonchev–Trinajstić information content (AvgIpc) is 2.43.